The van der Waals surface area contributed by atoms with E-state index in [9.17, 15) is 0 Å². The highest BCUT2D eigenvalue weighted by atomic mass is 16.5. The molecule has 0 fully saturated rings. The van der Waals surface area contributed by atoms with Crippen LogP contribution in [0.1, 0.15) is 17.7 Å². The van der Waals surface area contributed by atoms with Crippen LogP contribution in [-0.4, -0.2) is 50.7 Å². The predicted molar refractivity (Wildman–Crippen MR) is 99.1 cm³/mol. The van der Waals surface area contributed by atoms with E-state index in [4.69, 9.17) is 4.74 Å². The number of pyridine rings is 1. The summed E-state index contributed by atoms with van der Waals surface area (Å²) in [6, 6.07) is 14.6. The highest BCUT2D eigenvalue weighted by molar-refractivity contribution is 5.88. The van der Waals surface area contributed by atoms with Crippen molar-refractivity contribution in [3.8, 4) is 0 Å². The van der Waals surface area contributed by atoms with Crippen LogP contribution >= 0.6 is 0 Å². The average Bonchev–Trinajstić information content (AvgIpc) is 2.61. The van der Waals surface area contributed by atoms with Crippen molar-refractivity contribution in [1.29, 1.82) is 0 Å². The first-order chi connectivity index (χ1) is 11.7. The lowest BCUT2D eigenvalue weighted by Gasteiger charge is -2.33. The molecule has 0 atom stereocenters. The number of nitrogens with zero attached hydrogens (tertiary/aromatic N) is 3. The Kier molecular flexibility index (Phi) is 5.16. The van der Waals surface area contributed by atoms with Gasteiger partial charge in [-0.1, -0.05) is 30.3 Å². The van der Waals surface area contributed by atoms with Crippen LogP contribution in [0.3, 0.4) is 0 Å². The van der Waals surface area contributed by atoms with Crippen LogP contribution in [0.2, 0.25) is 0 Å². The Balaban J connectivity index is 1.97. The maximum Gasteiger partial charge on any atom is 0.125 e. The normalized spacial score (nSPS) is 14.1. The lowest BCUT2D eigenvalue weighted by atomic mass is 9.96. The fourth-order valence-corrected chi connectivity index (χ4v) is 3.16. The van der Waals surface area contributed by atoms with Gasteiger partial charge in [0, 0.05) is 18.3 Å². The summed E-state index contributed by atoms with van der Waals surface area (Å²) < 4.78 is 5.76. The second-order valence-electron chi connectivity index (χ2n) is 6.32. The molecule has 0 spiro atoms. The minimum atomic E-state index is 0.785. The van der Waals surface area contributed by atoms with Crippen molar-refractivity contribution in [2.24, 2.45) is 0 Å². The highest BCUT2D eigenvalue weighted by Gasteiger charge is 2.26. The standard InChI is InChI=1S/C20H25N3O/c1-22(2)13-8-14-23-15-18(24-3)19(16-9-5-4-6-10-16)20-17(23)11-7-12-21-20/h4-7,9-12H,8,13-15H2,1-3H3. The lowest BCUT2D eigenvalue weighted by molar-refractivity contribution is 0.285. The molecule has 3 rings (SSSR count). The van der Waals surface area contributed by atoms with Gasteiger partial charge >= 0.3 is 0 Å². The Bertz CT molecular complexity index is 710. The smallest absolute Gasteiger partial charge is 0.125 e. The summed E-state index contributed by atoms with van der Waals surface area (Å²) >= 11 is 0. The largest absolute Gasteiger partial charge is 0.498 e. The molecule has 2 aromatic rings. The molecule has 0 bridgehead atoms. The van der Waals surface area contributed by atoms with Crippen LogP contribution in [0.25, 0.3) is 5.57 Å². The summed E-state index contributed by atoms with van der Waals surface area (Å²) in [5, 5.41) is 0. The number of anilines is 1. The number of ether oxygens (including phenoxy) is 1. The minimum absolute atomic E-state index is 0.785. The van der Waals surface area contributed by atoms with E-state index in [0.29, 0.717) is 0 Å². The van der Waals surface area contributed by atoms with Crippen molar-refractivity contribution in [3.63, 3.8) is 0 Å². The molecule has 0 unspecified atom stereocenters. The third-order valence-electron chi connectivity index (χ3n) is 4.32. The molecule has 0 N–H and O–H groups in total. The molecular weight excluding hydrogens is 298 g/mol. The number of fused-ring (bicyclic) bond motifs is 1. The topological polar surface area (TPSA) is 28.6 Å². The van der Waals surface area contributed by atoms with Gasteiger partial charge in [0.05, 0.1) is 25.0 Å². The van der Waals surface area contributed by atoms with Gasteiger partial charge in [-0.15, -0.1) is 0 Å². The van der Waals surface area contributed by atoms with Crippen molar-refractivity contribution in [1.82, 2.24) is 9.88 Å². The zero-order valence-corrected chi connectivity index (χ0v) is 14.7. The molecule has 0 saturated carbocycles. The zero-order valence-electron chi connectivity index (χ0n) is 14.7. The van der Waals surface area contributed by atoms with Crippen LogP contribution in [0, 0.1) is 0 Å². The van der Waals surface area contributed by atoms with Crippen LogP contribution < -0.4 is 4.90 Å². The summed E-state index contributed by atoms with van der Waals surface area (Å²) in [5.74, 6) is 0.984. The average molecular weight is 323 g/mol. The highest BCUT2D eigenvalue weighted by Crippen LogP contribution is 2.37. The molecule has 0 radical (unpaired) electrons. The molecule has 4 nitrogen and oxygen atoms in total. The molecule has 4 heteroatoms. The molecule has 1 aromatic carbocycles. The second-order valence-corrected chi connectivity index (χ2v) is 6.32. The number of rotatable bonds is 6. The zero-order chi connectivity index (χ0) is 16.9. The Morgan fingerprint density at radius 2 is 1.92 bits per heavy atom. The number of benzene rings is 1. The van der Waals surface area contributed by atoms with E-state index in [0.717, 1.165) is 48.6 Å². The van der Waals surface area contributed by atoms with E-state index in [1.807, 2.05) is 18.3 Å². The number of aromatic nitrogens is 1. The van der Waals surface area contributed by atoms with Gasteiger partial charge in [-0.05, 0) is 44.8 Å². The fourth-order valence-electron chi connectivity index (χ4n) is 3.16. The van der Waals surface area contributed by atoms with E-state index < -0.39 is 0 Å². The Morgan fingerprint density at radius 1 is 1.12 bits per heavy atom. The van der Waals surface area contributed by atoms with Crippen LogP contribution in [0.15, 0.2) is 54.4 Å². The Labute approximate surface area is 144 Å². The molecule has 126 valence electrons. The van der Waals surface area contributed by atoms with Gasteiger partial charge < -0.3 is 14.5 Å². The summed E-state index contributed by atoms with van der Waals surface area (Å²) in [5.41, 5.74) is 4.47. The monoisotopic (exact) mass is 323 g/mol. The molecule has 1 aliphatic heterocycles. The predicted octanol–water partition coefficient (Wildman–Crippen LogP) is 3.26. The van der Waals surface area contributed by atoms with Crippen LogP contribution in [0.5, 0.6) is 0 Å². The molecule has 1 aromatic heterocycles. The molecule has 0 saturated heterocycles. The third-order valence-corrected chi connectivity index (χ3v) is 4.32. The van der Waals surface area contributed by atoms with E-state index in [1.54, 1.807) is 7.11 Å². The van der Waals surface area contributed by atoms with E-state index in [-0.39, 0.29) is 0 Å². The first-order valence-corrected chi connectivity index (χ1v) is 8.38. The van der Waals surface area contributed by atoms with Crippen molar-refractivity contribution in [2.75, 3.05) is 45.7 Å². The van der Waals surface area contributed by atoms with Gasteiger partial charge in [-0.3, -0.25) is 4.98 Å². The Morgan fingerprint density at radius 3 is 2.62 bits per heavy atom. The maximum absolute atomic E-state index is 5.76. The fraction of sp³-hybridized carbons (Fsp3) is 0.350. The van der Waals surface area contributed by atoms with Crippen molar-refractivity contribution in [3.05, 3.63) is 65.7 Å². The minimum Gasteiger partial charge on any atom is -0.498 e. The van der Waals surface area contributed by atoms with Crippen molar-refractivity contribution in [2.45, 2.75) is 6.42 Å². The first-order valence-electron chi connectivity index (χ1n) is 8.38. The van der Waals surface area contributed by atoms with Crippen molar-refractivity contribution >= 4 is 11.3 Å². The number of methoxy groups -OCH3 is 1. The summed E-state index contributed by atoms with van der Waals surface area (Å²) in [4.78, 5) is 9.27. The third kappa shape index (κ3) is 3.44. The first kappa shape index (κ1) is 16.5. The van der Waals surface area contributed by atoms with Gasteiger partial charge in [0.25, 0.3) is 0 Å². The molecule has 1 aliphatic rings. The van der Waals surface area contributed by atoms with Gasteiger partial charge in [-0.25, -0.2) is 0 Å². The molecule has 24 heavy (non-hydrogen) atoms. The van der Waals surface area contributed by atoms with E-state index >= 15 is 0 Å². The molecule has 0 amide bonds. The second kappa shape index (κ2) is 7.49. The summed E-state index contributed by atoms with van der Waals surface area (Å²) in [6.45, 7) is 2.85. The molecular formula is C20H25N3O. The van der Waals surface area contributed by atoms with Gasteiger partial charge in [0.15, 0.2) is 0 Å². The summed E-state index contributed by atoms with van der Waals surface area (Å²) in [6.07, 6.45) is 2.97. The number of hydrogen-bond acceptors (Lipinski definition) is 4. The Hall–Kier alpha value is -2.33. The molecule has 0 aliphatic carbocycles. The molecule has 2 heterocycles. The summed E-state index contributed by atoms with van der Waals surface area (Å²) in [7, 11) is 5.98. The van der Waals surface area contributed by atoms with Crippen molar-refractivity contribution < 1.29 is 4.74 Å². The van der Waals surface area contributed by atoms with E-state index in [2.05, 4.69) is 59.2 Å². The lowest BCUT2D eigenvalue weighted by Crippen LogP contribution is -2.33. The van der Waals surface area contributed by atoms with Gasteiger partial charge in [0.2, 0.25) is 0 Å². The SMILES string of the molecule is COC1=C(c2ccccc2)c2ncccc2N(CCCN(C)C)C1. The van der Waals surface area contributed by atoms with Gasteiger partial charge in [0.1, 0.15) is 5.76 Å². The van der Waals surface area contributed by atoms with Crippen LogP contribution in [-0.2, 0) is 4.74 Å². The maximum atomic E-state index is 5.76. The van der Waals surface area contributed by atoms with E-state index in [1.165, 1.54) is 5.69 Å². The van der Waals surface area contributed by atoms with Gasteiger partial charge in [-0.2, -0.15) is 0 Å². The van der Waals surface area contributed by atoms with Crippen LogP contribution in [0.4, 0.5) is 5.69 Å². The number of hydrogen-bond donors (Lipinski definition) is 0. The quantitative estimate of drug-likeness (QED) is 0.816.